The van der Waals surface area contributed by atoms with Crippen molar-refractivity contribution in [2.45, 2.75) is 37.8 Å². The summed E-state index contributed by atoms with van der Waals surface area (Å²) in [5.41, 5.74) is 1.62. The Morgan fingerprint density at radius 1 is 0.967 bits per heavy atom. The molecule has 1 amide bonds. The zero-order chi connectivity index (χ0) is 21.1. The topological polar surface area (TPSA) is 70.2 Å². The van der Waals surface area contributed by atoms with Gasteiger partial charge in [-0.2, -0.15) is 4.98 Å². The van der Waals surface area contributed by atoms with E-state index < -0.39 is 0 Å². The van der Waals surface area contributed by atoms with Crippen molar-refractivity contribution < 1.29 is 4.79 Å². The lowest BCUT2D eigenvalue weighted by atomic mass is 9.91. The molecule has 7 heteroatoms. The summed E-state index contributed by atoms with van der Waals surface area (Å²) in [6.45, 7) is 0. The van der Waals surface area contributed by atoms with Gasteiger partial charge in [-0.15, -0.1) is 0 Å². The Morgan fingerprint density at radius 2 is 1.63 bits per heavy atom. The van der Waals surface area contributed by atoms with E-state index in [-0.39, 0.29) is 11.9 Å². The molecular weight excluding hydrogens is 442 g/mol. The molecule has 1 aliphatic carbocycles. The summed E-state index contributed by atoms with van der Waals surface area (Å²) in [6.07, 6.45) is 3.80. The average Bonchev–Trinajstić information content (AvgIpc) is 2.74. The van der Waals surface area contributed by atoms with Crippen LogP contribution < -0.4 is 15.5 Å². The van der Waals surface area contributed by atoms with Gasteiger partial charge in [-0.05, 0) is 65.9 Å². The fraction of sp³-hybridized carbons (Fsp3) is 0.348. The quantitative estimate of drug-likeness (QED) is 0.573. The maximum Gasteiger partial charge on any atom is 0.252 e. The van der Waals surface area contributed by atoms with Crippen LogP contribution in [0.5, 0.6) is 0 Å². The lowest BCUT2D eigenvalue weighted by molar-refractivity contribution is 0.0926. The number of anilines is 2. The highest BCUT2D eigenvalue weighted by Gasteiger charge is 2.24. The molecule has 2 N–H and O–H groups in total. The molecule has 1 aliphatic rings. The molecule has 0 bridgehead atoms. The van der Waals surface area contributed by atoms with Crippen molar-refractivity contribution in [3.8, 4) is 0 Å². The zero-order valence-corrected chi connectivity index (χ0v) is 18.8. The number of hydrogen-bond acceptors (Lipinski definition) is 5. The first-order valence-corrected chi connectivity index (χ1v) is 11.1. The molecule has 30 heavy (non-hydrogen) atoms. The highest BCUT2D eigenvalue weighted by atomic mass is 79.9. The predicted molar refractivity (Wildman–Crippen MR) is 125 cm³/mol. The van der Waals surface area contributed by atoms with Crippen molar-refractivity contribution in [2.75, 3.05) is 24.3 Å². The van der Waals surface area contributed by atoms with Crippen LogP contribution in [-0.2, 0) is 0 Å². The van der Waals surface area contributed by atoms with E-state index in [1.54, 1.807) is 0 Å². The molecule has 6 nitrogen and oxygen atoms in total. The van der Waals surface area contributed by atoms with Gasteiger partial charge in [-0.1, -0.05) is 24.3 Å². The molecule has 0 aliphatic heterocycles. The Morgan fingerprint density at radius 3 is 2.37 bits per heavy atom. The van der Waals surface area contributed by atoms with Crippen LogP contribution in [0.15, 0.2) is 53.0 Å². The number of para-hydroxylation sites is 1. The van der Waals surface area contributed by atoms with E-state index in [1.807, 2.05) is 67.5 Å². The predicted octanol–water partition coefficient (Wildman–Crippen LogP) is 4.61. The molecule has 156 valence electrons. The molecule has 0 saturated heterocycles. The fourth-order valence-corrected chi connectivity index (χ4v) is 4.40. The van der Waals surface area contributed by atoms with E-state index >= 15 is 0 Å². The van der Waals surface area contributed by atoms with Crippen molar-refractivity contribution in [1.82, 2.24) is 15.3 Å². The van der Waals surface area contributed by atoms with Gasteiger partial charge in [0, 0.05) is 36.0 Å². The maximum atomic E-state index is 12.6. The molecule has 1 fully saturated rings. The van der Waals surface area contributed by atoms with Gasteiger partial charge in [0.15, 0.2) is 0 Å². The smallest absolute Gasteiger partial charge is 0.252 e. The van der Waals surface area contributed by atoms with Gasteiger partial charge in [-0.25, -0.2) is 4.98 Å². The van der Waals surface area contributed by atoms with Crippen LogP contribution in [0.4, 0.5) is 11.8 Å². The minimum Gasteiger partial charge on any atom is -0.362 e. The van der Waals surface area contributed by atoms with Gasteiger partial charge in [0.1, 0.15) is 5.82 Å². The van der Waals surface area contributed by atoms with Crippen LogP contribution >= 0.6 is 15.9 Å². The van der Waals surface area contributed by atoms with Gasteiger partial charge < -0.3 is 15.5 Å². The monoisotopic (exact) mass is 467 g/mol. The molecule has 1 saturated carbocycles. The van der Waals surface area contributed by atoms with Gasteiger partial charge in [-0.3, -0.25) is 4.79 Å². The summed E-state index contributed by atoms with van der Waals surface area (Å²) < 4.78 is 0.822. The number of hydrogen-bond donors (Lipinski definition) is 2. The number of nitrogens with zero attached hydrogens (tertiary/aromatic N) is 3. The van der Waals surface area contributed by atoms with Gasteiger partial charge in [0.2, 0.25) is 5.95 Å². The number of rotatable bonds is 5. The molecule has 1 heterocycles. The summed E-state index contributed by atoms with van der Waals surface area (Å²) in [7, 11) is 4.00. The summed E-state index contributed by atoms with van der Waals surface area (Å²) in [4.78, 5) is 24.0. The number of carbonyl (C=O) groups excluding carboxylic acids is 1. The summed E-state index contributed by atoms with van der Waals surface area (Å²) in [5, 5.41) is 7.74. The first-order valence-electron chi connectivity index (χ1n) is 10.3. The molecule has 3 aromatic rings. The molecule has 0 spiro atoms. The van der Waals surface area contributed by atoms with Gasteiger partial charge in [0.25, 0.3) is 5.91 Å². The third-order valence-electron chi connectivity index (χ3n) is 5.52. The average molecular weight is 468 g/mol. The van der Waals surface area contributed by atoms with Crippen LogP contribution in [0.3, 0.4) is 0 Å². The number of amides is 1. The van der Waals surface area contributed by atoms with Gasteiger partial charge >= 0.3 is 0 Å². The van der Waals surface area contributed by atoms with Crippen molar-refractivity contribution in [3.63, 3.8) is 0 Å². The molecule has 0 atom stereocenters. The van der Waals surface area contributed by atoms with Gasteiger partial charge in [0.05, 0.1) is 11.1 Å². The van der Waals surface area contributed by atoms with E-state index in [9.17, 15) is 4.79 Å². The second kappa shape index (κ2) is 9.00. The first kappa shape index (κ1) is 20.6. The highest BCUT2D eigenvalue weighted by molar-refractivity contribution is 9.10. The Kier molecular flexibility index (Phi) is 6.18. The van der Waals surface area contributed by atoms with E-state index in [4.69, 9.17) is 9.97 Å². The number of fused-ring (bicyclic) bond motifs is 1. The van der Waals surface area contributed by atoms with Crippen LogP contribution in [0, 0.1) is 0 Å². The van der Waals surface area contributed by atoms with Crippen molar-refractivity contribution in [1.29, 1.82) is 0 Å². The second-order valence-corrected chi connectivity index (χ2v) is 8.78. The lowest BCUT2D eigenvalue weighted by Crippen LogP contribution is -2.40. The zero-order valence-electron chi connectivity index (χ0n) is 17.2. The summed E-state index contributed by atoms with van der Waals surface area (Å²) in [5.74, 6) is 1.56. The van der Waals surface area contributed by atoms with E-state index in [2.05, 4.69) is 26.6 Å². The molecular formula is C23H26BrN5O. The van der Waals surface area contributed by atoms with E-state index in [1.165, 1.54) is 0 Å². The van der Waals surface area contributed by atoms with E-state index in [0.717, 1.165) is 46.9 Å². The number of nitrogens with one attached hydrogen (secondary N) is 2. The molecule has 4 rings (SSSR count). The number of aromatic nitrogens is 2. The van der Waals surface area contributed by atoms with Crippen LogP contribution in [0.25, 0.3) is 10.9 Å². The van der Waals surface area contributed by atoms with Crippen molar-refractivity contribution in [3.05, 3.63) is 58.6 Å². The van der Waals surface area contributed by atoms with Crippen molar-refractivity contribution >= 4 is 44.5 Å². The Balaban J connectivity index is 1.38. The van der Waals surface area contributed by atoms with Crippen LogP contribution in [-0.4, -0.2) is 42.1 Å². The van der Waals surface area contributed by atoms with Crippen LogP contribution in [0.1, 0.15) is 36.0 Å². The number of benzene rings is 2. The van der Waals surface area contributed by atoms with Crippen molar-refractivity contribution in [2.24, 2.45) is 0 Å². The van der Waals surface area contributed by atoms with Crippen LogP contribution in [0.2, 0.25) is 0 Å². The molecule has 0 radical (unpaired) electrons. The fourth-order valence-electron chi connectivity index (χ4n) is 3.94. The minimum absolute atomic E-state index is 0.0210. The third-order valence-corrected chi connectivity index (χ3v) is 6.21. The SMILES string of the molecule is CN(C)c1nc(N[C@H]2CC[C@@H](NC(=O)c3ccccc3Br)CC2)nc2ccccc12. The van der Waals surface area contributed by atoms with E-state index in [0.29, 0.717) is 17.6 Å². The number of halogens is 1. The second-order valence-electron chi connectivity index (χ2n) is 7.93. The Bertz CT molecular complexity index is 1050. The largest absolute Gasteiger partial charge is 0.362 e. The molecule has 1 aromatic heterocycles. The normalized spacial score (nSPS) is 18.8. The summed E-state index contributed by atoms with van der Waals surface area (Å²) in [6, 6.07) is 16.1. The first-order chi connectivity index (χ1) is 14.5. The molecule has 2 aromatic carbocycles. The maximum absolute atomic E-state index is 12.6. The highest BCUT2D eigenvalue weighted by Crippen LogP contribution is 2.26. The lowest BCUT2D eigenvalue weighted by Gasteiger charge is -2.30. The summed E-state index contributed by atoms with van der Waals surface area (Å²) >= 11 is 3.45. The third kappa shape index (κ3) is 4.56. The molecule has 0 unspecified atom stereocenters. The standard InChI is InChI=1S/C23H26BrN5O/c1-29(2)21-18-8-4-6-10-20(18)27-23(28-21)26-16-13-11-15(12-14-16)25-22(30)17-7-3-5-9-19(17)24/h3-10,15-16H,11-14H2,1-2H3,(H,25,30)(H,26,27,28)/t15-,16+. The number of carbonyl (C=O) groups is 1. The Hall–Kier alpha value is -2.67. The Labute approximate surface area is 185 Å². The minimum atomic E-state index is -0.0210.